The maximum atomic E-state index is 11.9. The molecule has 0 fully saturated rings. The Morgan fingerprint density at radius 2 is 1.90 bits per heavy atom. The van der Waals surface area contributed by atoms with Crippen LogP contribution in [0.1, 0.15) is 20.3 Å². The summed E-state index contributed by atoms with van der Waals surface area (Å²) in [5, 5.41) is 18.4. The van der Waals surface area contributed by atoms with Gasteiger partial charge in [-0.15, -0.1) is 0 Å². The zero-order valence-corrected chi connectivity index (χ0v) is 11.9. The average molecular weight is 287 g/mol. The summed E-state index contributed by atoms with van der Waals surface area (Å²) in [5.41, 5.74) is 1.39. The molecule has 1 amide bonds. The summed E-state index contributed by atoms with van der Waals surface area (Å²) >= 11 is 0. The lowest BCUT2D eigenvalue weighted by molar-refractivity contribution is -0.148. The van der Waals surface area contributed by atoms with Crippen molar-refractivity contribution in [2.45, 2.75) is 20.3 Å². The second kappa shape index (κ2) is 5.78. The number of aromatic nitrogens is 2. The van der Waals surface area contributed by atoms with Gasteiger partial charge in [-0.1, -0.05) is 12.1 Å². The van der Waals surface area contributed by atoms with Gasteiger partial charge in [-0.25, -0.2) is 0 Å². The quantitative estimate of drug-likeness (QED) is 0.787. The topological polar surface area (TPSA) is 95.1 Å². The van der Waals surface area contributed by atoms with Crippen molar-refractivity contribution in [3.63, 3.8) is 0 Å². The molecule has 2 aromatic rings. The van der Waals surface area contributed by atoms with E-state index in [4.69, 9.17) is 5.11 Å². The Hall–Kier alpha value is -2.63. The van der Waals surface area contributed by atoms with Gasteiger partial charge in [0.15, 0.2) is 0 Å². The van der Waals surface area contributed by atoms with Gasteiger partial charge in [0.25, 0.3) is 0 Å². The minimum Gasteiger partial charge on any atom is -0.481 e. The van der Waals surface area contributed by atoms with E-state index < -0.39 is 11.4 Å². The number of carbonyl (C=O) groups excluding carboxylic acids is 1. The highest BCUT2D eigenvalue weighted by Gasteiger charge is 2.30. The number of hydrogen-bond donors (Lipinski definition) is 3. The predicted octanol–water partition coefficient (Wildman–Crippen LogP) is 2.52. The number of rotatable bonds is 5. The summed E-state index contributed by atoms with van der Waals surface area (Å²) in [6, 6.07) is 9.09. The fraction of sp³-hybridized carbons (Fsp3) is 0.267. The van der Waals surface area contributed by atoms with Gasteiger partial charge in [-0.3, -0.25) is 14.7 Å². The maximum absolute atomic E-state index is 11.9. The molecule has 110 valence electrons. The van der Waals surface area contributed by atoms with Crippen molar-refractivity contribution >= 4 is 17.6 Å². The number of nitrogens with one attached hydrogen (secondary N) is 2. The van der Waals surface area contributed by atoms with Crippen molar-refractivity contribution in [3.05, 3.63) is 36.5 Å². The first-order valence-electron chi connectivity index (χ1n) is 6.51. The Labute approximate surface area is 122 Å². The van der Waals surface area contributed by atoms with E-state index in [1.807, 2.05) is 18.2 Å². The first-order valence-corrected chi connectivity index (χ1v) is 6.51. The molecular formula is C15H17N3O3. The average Bonchev–Trinajstić information content (AvgIpc) is 2.92. The molecule has 21 heavy (non-hydrogen) atoms. The number of nitrogens with zero attached hydrogens (tertiary/aromatic N) is 1. The summed E-state index contributed by atoms with van der Waals surface area (Å²) < 4.78 is 0. The molecule has 6 heteroatoms. The van der Waals surface area contributed by atoms with Crippen molar-refractivity contribution in [1.29, 1.82) is 0 Å². The first kappa shape index (κ1) is 14.8. The number of carbonyl (C=O) groups is 2. The Balaban J connectivity index is 2.01. The summed E-state index contributed by atoms with van der Waals surface area (Å²) in [4.78, 5) is 22.9. The van der Waals surface area contributed by atoms with E-state index in [0.29, 0.717) is 5.69 Å². The van der Waals surface area contributed by atoms with Crippen molar-refractivity contribution in [3.8, 4) is 11.3 Å². The smallest absolute Gasteiger partial charge is 0.309 e. The number of aromatic amines is 1. The summed E-state index contributed by atoms with van der Waals surface area (Å²) in [7, 11) is 0. The summed E-state index contributed by atoms with van der Waals surface area (Å²) in [6.45, 7) is 3.05. The molecule has 0 radical (unpaired) electrons. The van der Waals surface area contributed by atoms with Crippen LogP contribution < -0.4 is 5.32 Å². The monoisotopic (exact) mass is 287 g/mol. The molecule has 0 atom stereocenters. The molecule has 6 nitrogen and oxygen atoms in total. The number of amides is 1. The number of carboxylic acid groups (broad SMARTS) is 1. The molecular weight excluding hydrogens is 270 g/mol. The summed E-state index contributed by atoms with van der Waals surface area (Å²) in [6.07, 6.45) is 1.59. The lowest BCUT2D eigenvalue weighted by Crippen LogP contribution is -2.29. The molecule has 0 saturated heterocycles. The number of carboxylic acids is 1. The van der Waals surface area contributed by atoms with E-state index in [1.54, 1.807) is 18.3 Å². The molecule has 0 unspecified atom stereocenters. The first-order chi connectivity index (χ1) is 9.88. The minimum absolute atomic E-state index is 0.0787. The fourth-order valence-electron chi connectivity index (χ4n) is 1.83. The van der Waals surface area contributed by atoms with Gasteiger partial charge in [0, 0.05) is 18.3 Å². The largest absolute Gasteiger partial charge is 0.481 e. The standard InChI is InChI=1S/C15H17N3O3/c1-15(2,14(20)21)9-13(19)17-11-5-3-10(4-6-11)12-7-8-16-18-12/h3-8H,9H2,1-2H3,(H,16,18)(H,17,19)(H,20,21). The Morgan fingerprint density at radius 3 is 2.43 bits per heavy atom. The third-order valence-electron chi connectivity index (χ3n) is 3.16. The highest BCUT2D eigenvalue weighted by atomic mass is 16.4. The second-order valence-corrected chi connectivity index (χ2v) is 5.46. The third kappa shape index (κ3) is 3.68. The van der Waals surface area contributed by atoms with Crippen molar-refractivity contribution < 1.29 is 14.7 Å². The highest BCUT2D eigenvalue weighted by molar-refractivity contribution is 5.94. The van der Waals surface area contributed by atoms with Crippen LogP contribution in [0.5, 0.6) is 0 Å². The van der Waals surface area contributed by atoms with Crippen LogP contribution in [0, 0.1) is 5.41 Å². The third-order valence-corrected chi connectivity index (χ3v) is 3.16. The molecule has 0 bridgehead atoms. The van der Waals surface area contributed by atoms with Crippen LogP contribution >= 0.6 is 0 Å². The predicted molar refractivity (Wildman–Crippen MR) is 78.7 cm³/mol. The maximum Gasteiger partial charge on any atom is 0.309 e. The molecule has 2 rings (SSSR count). The van der Waals surface area contributed by atoms with Gasteiger partial charge in [0.2, 0.25) is 5.91 Å². The molecule has 1 aromatic carbocycles. The molecule has 0 aliphatic rings. The van der Waals surface area contributed by atoms with E-state index >= 15 is 0 Å². The number of hydrogen-bond acceptors (Lipinski definition) is 3. The Bertz CT molecular complexity index is 631. The van der Waals surface area contributed by atoms with Crippen LogP contribution in [0.25, 0.3) is 11.3 Å². The van der Waals surface area contributed by atoms with E-state index in [1.165, 1.54) is 13.8 Å². The zero-order chi connectivity index (χ0) is 15.5. The van der Waals surface area contributed by atoms with E-state index in [0.717, 1.165) is 11.3 Å². The van der Waals surface area contributed by atoms with E-state index in [9.17, 15) is 9.59 Å². The van der Waals surface area contributed by atoms with E-state index in [-0.39, 0.29) is 12.3 Å². The lowest BCUT2D eigenvalue weighted by atomic mass is 9.89. The summed E-state index contributed by atoms with van der Waals surface area (Å²) in [5.74, 6) is -1.32. The molecule has 1 aromatic heterocycles. The highest BCUT2D eigenvalue weighted by Crippen LogP contribution is 2.22. The molecule has 0 saturated carbocycles. The molecule has 0 spiro atoms. The number of aliphatic carboxylic acids is 1. The molecule has 1 heterocycles. The van der Waals surface area contributed by atoms with Gasteiger partial charge in [-0.2, -0.15) is 5.10 Å². The lowest BCUT2D eigenvalue weighted by Gasteiger charge is -2.18. The van der Waals surface area contributed by atoms with Gasteiger partial charge < -0.3 is 10.4 Å². The zero-order valence-electron chi connectivity index (χ0n) is 11.9. The normalized spacial score (nSPS) is 11.1. The van der Waals surface area contributed by atoms with Gasteiger partial charge in [0.05, 0.1) is 11.1 Å². The number of anilines is 1. The van der Waals surface area contributed by atoms with Crippen LogP contribution in [0.4, 0.5) is 5.69 Å². The van der Waals surface area contributed by atoms with Crippen LogP contribution in [-0.2, 0) is 9.59 Å². The SMILES string of the molecule is CC(C)(CC(=O)Nc1ccc(-c2ccn[nH]2)cc1)C(=O)O. The van der Waals surface area contributed by atoms with Gasteiger partial charge in [0.1, 0.15) is 0 Å². The number of H-pyrrole nitrogens is 1. The minimum atomic E-state index is -1.08. The molecule has 0 aliphatic carbocycles. The Kier molecular flexibility index (Phi) is 4.07. The van der Waals surface area contributed by atoms with Gasteiger partial charge >= 0.3 is 5.97 Å². The van der Waals surface area contributed by atoms with Gasteiger partial charge in [-0.05, 0) is 37.6 Å². The van der Waals surface area contributed by atoms with Crippen molar-refractivity contribution in [2.24, 2.45) is 5.41 Å². The van der Waals surface area contributed by atoms with Crippen LogP contribution in [0.3, 0.4) is 0 Å². The number of benzene rings is 1. The molecule has 3 N–H and O–H groups in total. The van der Waals surface area contributed by atoms with Crippen LogP contribution in [0.2, 0.25) is 0 Å². The van der Waals surface area contributed by atoms with Crippen LogP contribution in [-0.4, -0.2) is 27.2 Å². The van der Waals surface area contributed by atoms with Crippen molar-refractivity contribution in [2.75, 3.05) is 5.32 Å². The Morgan fingerprint density at radius 1 is 1.24 bits per heavy atom. The van der Waals surface area contributed by atoms with Crippen LogP contribution in [0.15, 0.2) is 36.5 Å². The molecule has 0 aliphatic heterocycles. The van der Waals surface area contributed by atoms with E-state index in [2.05, 4.69) is 15.5 Å². The second-order valence-electron chi connectivity index (χ2n) is 5.46. The fourth-order valence-corrected chi connectivity index (χ4v) is 1.83. The van der Waals surface area contributed by atoms with Crippen molar-refractivity contribution in [1.82, 2.24) is 10.2 Å².